The summed E-state index contributed by atoms with van der Waals surface area (Å²) in [6.45, 7) is 8.93. The monoisotopic (exact) mass is 488 g/mol. The number of nitro benzene ring substituents is 1. The lowest BCUT2D eigenvalue weighted by Crippen LogP contribution is -2.37. The van der Waals surface area contributed by atoms with Crippen molar-refractivity contribution < 1.29 is 19.0 Å². The Morgan fingerprint density at radius 1 is 1.11 bits per heavy atom. The highest BCUT2D eigenvalue weighted by atomic mass is 16.6. The molecule has 2 heterocycles. The summed E-state index contributed by atoms with van der Waals surface area (Å²) in [6.07, 6.45) is 0.468. The highest BCUT2D eigenvalue weighted by Crippen LogP contribution is 2.45. The molecule has 1 aliphatic rings. The molecule has 36 heavy (non-hydrogen) atoms. The van der Waals surface area contributed by atoms with Crippen molar-refractivity contribution in [2.75, 3.05) is 0 Å². The van der Waals surface area contributed by atoms with Gasteiger partial charge in [0.25, 0.3) is 11.6 Å². The molecule has 2 unspecified atom stereocenters. The Bertz CT molecular complexity index is 1350. The average molecular weight is 489 g/mol. The van der Waals surface area contributed by atoms with Crippen LogP contribution in [0.5, 0.6) is 0 Å². The van der Waals surface area contributed by atoms with Crippen molar-refractivity contribution in [2.24, 2.45) is 10.9 Å². The Hall–Kier alpha value is -4.14. The number of allylic oxidation sites excluding steroid dienone is 2. The summed E-state index contributed by atoms with van der Waals surface area (Å²) in [7, 11) is 0. The minimum absolute atomic E-state index is 0.0806. The molecule has 4 rings (SSSR count). The number of non-ortho nitro benzene ring substituents is 1. The molecule has 0 spiro atoms. The largest absolute Gasteiger partial charge is 0.459 e. The summed E-state index contributed by atoms with van der Waals surface area (Å²) in [4.78, 5) is 33.8. The van der Waals surface area contributed by atoms with Gasteiger partial charge in [0.05, 0.1) is 4.92 Å². The van der Waals surface area contributed by atoms with Gasteiger partial charge in [-0.25, -0.2) is 0 Å². The zero-order valence-electron chi connectivity index (χ0n) is 20.9. The highest BCUT2D eigenvalue weighted by molar-refractivity contribution is 6.06. The average Bonchev–Trinajstić information content (AvgIpc) is 3.25. The molecular weight excluding hydrogens is 460 g/mol. The van der Waals surface area contributed by atoms with Gasteiger partial charge in [0.2, 0.25) is 0 Å². The van der Waals surface area contributed by atoms with Gasteiger partial charge in [-0.1, -0.05) is 47.6 Å². The fourth-order valence-corrected chi connectivity index (χ4v) is 4.39. The second-order valence-electron chi connectivity index (χ2n) is 9.77. The van der Waals surface area contributed by atoms with Crippen LogP contribution in [0.4, 0.5) is 5.69 Å². The molecule has 186 valence electrons. The number of benzene rings is 2. The quantitative estimate of drug-likeness (QED) is 0.255. The van der Waals surface area contributed by atoms with Gasteiger partial charge in [0, 0.05) is 41.5 Å². The summed E-state index contributed by atoms with van der Waals surface area (Å²) in [5.41, 5.74) is 2.46. The minimum atomic E-state index is -0.825. The van der Waals surface area contributed by atoms with Crippen molar-refractivity contribution in [1.29, 1.82) is 0 Å². The number of nitrogens with zero attached hydrogens (tertiary/aromatic N) is 4. The van der Waals surface area contributed by atoms with E-state index in [2.05, 4.69) is 15.1 Å². The third-order valence-electron chi connectivity index (χ3n) is 5.83. The van der Waals surface area contributed by atoms with Crippen LogP contribution in [0.3, 0.4) is 0 Å². The summed E-state index contributed by atoms with van der Waals surface area (Å²) < 4.78 is 11.4. The van der Waals surface area contributed by atoms with E-state index in [9.17, 15) is 14.9 Å². The molecule has 0 saturated heterocycles. The van der Waals surface area contributed by atoms with E-state index >= 15 is 0 Å². The van der Waals surface area contributed by atoms with Gasteiger partial charge < -0.3 is 9.26 Å². The predicted octanol–water partition coefficient (Wildman–Crippen LogP) is 5.52. The van der Waals surface area contributed by atoms with Crippen LogP contribution in [0.25, 0.3) is 5.57 Å². The second kappa shape index (κ2) is 9.85. The molecule has 2 atom stereocenters. The Balaban J connectivity index is 1.82. The second-order valence-corrected chi connectivity index (χ2v) is 9.77. The number of ether oxygens (including phenoxy) is 1. The van der Waals surface area contributed by atoms with Gasteiger partial charge in [0.15, 0.2) is 5.82 Å². The lowest BCUT2D eigenvalue weighted by Gasteiger charge is -2.33. The number of aliphatic imine (C=N–C) groups is 1. The molecular formula is C27H28N4O5. The molecule has 1 aliphatic heterocycles. The molecule has 0 saturated carbocycles. The van der Waals surface area contributed by atoms with Gasteiger partial charge >= 0.3 is 5.97 Å². The van der Waals surface area contributed by atoms with Crippen molar-refractivity contribution in [1.82, 2.24) is 10.1 Å². The van der Waals surface area contributed by atoms with Gasteiger partial charge in [-0.2, -0.15) is 4.98 Å². The molecule has 0 amide bonds. The Kier molecular flexibility index (Phi) is 6.83. The number of hydrogen-bond acceptors (Lipinski definition) is 8. The van der Waals surface area contributed by atoms with E-state index < -0.39 is 28.3 Å². The minimum Gasteiger partial charge on any atom is -0.459 e. The summed E-state index contributed by atoms with van der Waals surface area (Å²) in [5.74, 6) is -1.26. The zero-order chi connectivity index (χ0) is 26.0. The van der Waals surface area contributed by atoms with E-state index in [-0.39, 0.29) is 11.6 Å². The van der Waals surface area contributed by atoms with Crippen LogP contribution in [0.2, 0.25) is 0 Å². The number of esters is 1. The van der Waals surface area contributed by atoms with Crippen LogP contribution in [0.1, 0.15) is 63.4 Å². The molecule has 0 radical (unpaired) electrons. The third-order valence-corrected chi connectivity index (χ3v) is 5.83. The number of nitro groups is 1. The Morgan fingerprint density at radius 2 is 1.83 bits per heavy atom. The van der Waals surface area contributed by atoms with Crippen LogP contribution < -0.4 is 0 Å². The maximum Gasteiger partial charge on any atom is 0.316 e. The molecule has 9 heteroatoms. The Labute approximate surface area is 209 Å². The number of carbonyl (C=O) groups excluding carboxylic acids is 1. The molecule has 0 bridgehead atoms. The number of carbonyl (C=O) groups is 1. The number of rotatable bonds is 6. The van der Waals surface area contributed by atoms with Crippen molar-refractivity contribution >= 4 is 22.9 Å². The van der Waals surface area contributed by atoms with E-state index in [0.717, 1.165) is 5.56 Å². The standard InChI is InChI=1S/C27H28N4O5/c1-16-22(25-29-21(30-36-25)14-18-10-7-6-8-11-18)24(19-12-9-13-20(15-19)31(33)34)23(17(2)28-16)26(32)35-27(3,4)5/h6-13,15,23-24H,14H2,1-5H3. The SMILES string of the molecule is CC1=NC(C)=C(c2nc(Cc3ccccc3)no2)C(c2cccc([N+](=O)[O-])c2)C1C(=O)OC(C)(C)C. The van der Waals surface area contributed by atoms with Crippen LogP contribution in [-0.2, 0) is 16.0 Å². The van der Waals surface area contributed by atoms with Gasteiger partial charge in [-0.05, 0) is 45.7 Å². The molecule has 3 aromatic rings. The van der Waals surface area contributed by atoms with E-state index in [0.29, 0.717) is 34.8 Å². The van der Waals surface area contributed by atoms with E-state index in [1.807, 2.05) is 30.3 Å². The fraction of sp³-hybridized carbons (Fsp3) is 0.333. The van der Waals surface area contributed by atoms with Gasteiger partial charge in [0.1, 0.15) is 11.5 Å². The van der Waals surface area contributed by atoms with Crippen molar-refractivity contribution in [3.63, 3.8) is 0 Å². The molecule has 0 fully saturated rings. The number of hydrogen-bond donors (Lipinski definition) is 0. The summed E-state index contributed by atoms with van der Waals surface area (Å²) in [6, 6.07) is 16.0. The van der Waals surface area contributed by atoms with Gasteiger partial charge in [-0.15, -0.1) is 0 Å². The maximum atomic E-state index is 13.4. The molecule has 1 aromatic heterocycles. The topological polar surface area (TPSA) is 121 Å². The van der Waals surface area contributed by atoms with Gasteiger partial charge in [-0.3, -0.25) is 19.9 Å². The zero-order valence-corrected chi connectivity index (χ0v) is 20.9. The summed E-state index contributed by atoms with van der Waals surface area (Å²) >= 11 is 0. The van der Waals surface area contributed by atoms with E-state index in [4.69, 9.17) is 9.26 Å². The third kappa shape index (κ3) is 5.40. The van der Waals surface area contributed by atoms with E-state index in [1.54, 1.807) is 46.8 Å². The number of aromatic nitrogens is 2. The Morgan fingerprint density at radius 3 is 2.50 bits per heavy atom. The molecule has 9 nitrogen and oxygen atoms in total. The normalized spacial score (nSPS) is 18.1. The first kappa shape index (κ1) is 25.0. The lowest BCUT2D eigenvalue weighted by molar-refractivity contribution is -0.384. The molecule has 0 N–H and O–H groups in total. The maximum absolute atomic E-state index is 13.4. The fourth-order valence-electron chi connectivity index (χ4n) is 4.39. The van der Waals surface area contributed by atoms with Crippen LogP contribution in [0, 0.1) is 16.0 Å². The smallest absolute Gasteiger partial charge is 0.316 e. The summed E-state index contributed by atoms with van der Waals surface area (Å²) in [5, 5.41) is 15.7. The van der Waals surface area contributed by atoms with Crippen molar-refractivity contribution in [3.05, 3.63) is 93.3 Å². The first-order chi connectivity index (χ1) is 17.0. The lowest BCUT2D eigenvalue weighted by atomic mass is 9.75. The first-order valence-corrected chi connectivity index (χ1v) is 11.6. The van der Waals surface area contributed by atoms with Crippen LogP contribution >= 0.6 is 0 Å². The molecule has 2 aromatic carbocycles. The highest BCUT2D eigenvalue weighted by Gasteiger charge is 2.43. The van der Waals surface area contributed by atoms with Crippen molar-refractivity contribution in [2.45, 2.75) is 52.6 Å². The van der Waals surface area contributed by atoms with Crippen LogP contribution in [0.15, 0.2) is 69.8 Å². The van der Waals surface area contributed by atoms with E-state index in [1.165, 1.54) is 12.1 Å². The molecule has 0 aliphatic carbocycles. The van der Waals surface area contributed by atoms with Crippen LogP contribution in [-0.4, -0.2) is 32.3 Å². The first-order valence-electron chi connectivity index (χ1n) is 11.6. The predicted molar refractivity (Wildman–Crippen MR) is 134 cm³/mol. The van der Waals surface area contributed by atoms with Crippen molar-refractivity contribution in [3.8, 4) is 0 Å².